The van der Waals surface area contributed by atoms with Gasteiger partial charge in [-0.1, -0.05) is 12.1 Å². The van der Waals surface area contributed by atoms with Gasteiger partial charge in [0.15, 0.2) is 0 Å². The summed E-state index contributed by atoms with van der Waals surface area (Å²) in [7, 11) is 0. The molecule has 0 heterocycles. The molecule has 1 aromatic rings. The molecule has 0 aliphatic heterocycles. The van der Waals surface area contributed by atoms with E-state index in [1.54, 1.807) is 11.8 Å². The van der Waals surface area contributed by atoms with Gasteiger partial charge < -0.3 is 10.1 Å². The molecule has 0 radical (unpaired) electrons. The third-order valence-electron chi connectivity index (χ3n) is 3.62. The maximum atomic E-state index is 12.0. The summed E-state index contributed by atoms with van der Waals surface area (Å²) >= 11 is 1.72. The Bertz CT molecular complexity index is 442. The summed E-state index contributed by atoms with van der Waals surface area (Å²) in [4.78, 5) is 13.3. The van der Waals surface area contributed by atoms with Crippen LogP contribution < -0.4 is 5.32 Å². The van der Waals surface area contributed by atoms with Crippen LogP contribution in [0.5, 0.6) is 0 Å². The van der Waals surface area contributed by atoms with Gasteiger partial charge in [-0.3, -0.25) is 4.79 Å². The van der Waals surface area contributed by atoms with Crippen LogP contribution in [0, 0.1) is 5.92 Å². The van der Waals surface area contributed by atoms with Crippen LogP contribution in [0.2, 0.25) is 0 Å². The van der Waals surface area contributed by atoms with E-state index in [9.17, 15) is 4.79 Å². The predicted molar refractivity (Wildman–Crippen MR) is 82.9 cm³/mol. The molecule has 1 aliphatic rings. The number of thioether (sulfide) groups is 1. The second-order valence-electron chi connectivity index (χ2n) is 5.42. The molecule has 2 rings (SSSR count). The highest BCUT2D eigenvalue weighted by molar-refractivity contribution is 7.98. The van der Waals surface area contributed by atoms with Crippen LogP contribution in [0.4, 0.5) is 0 Å². The highest BCUT2D eigenvalue weighted by atomic mass is 32.2. The molecule has 2 atom stereocenters. The first-order chi connectivity index (χ1) is 9.60. The molecule has 0 bridgehead atoms. The predicted octanol–water partition coefficient (Wildman–Crippen LogP) is 3.40. The van der Waals surface area contributed by atoms with Crippen molar-refractivity contribution in [3.8, 4) is 0 Å². The molecule has 3 nitrogen and oxygen atoms in total. The van der Waals surface area contributed by atoms with Gasteiger partial charge in [-0.25, -0.2) is 0 Å². The Kier molecular flexibility index (Phi) is 5.49. The molecule has 1 N–H and O–H groups in total. The van der Waals surface area contributed by atoms with Gasteiger partial charge >= 0.3 is 0 Å². The number of rotatable bonds is 7. The number of amides is 1. The van der Waals surface area contributed by atoms with Crippen molar-refractivity contribution in [2.45, 2.75) is 43.7 Å². The van der Waals surface area contributed by atoms with Gasteiger partial charge in [0.25, 0.3) is 0 Å². The van der Waals surface area contributed by atoms with Crippen LogP contribution in [-0.4, -0.2) is 24.9 Å². The Labute approximate surface area is 125 Å². The van der Waals surface area contributed by atoms with Crippen LogP contribution in [-0.2, 0) is 9.53 Å². The number of benzene rings is 1. The highest BCUT2D eigenvalue weighted by Crippen LogP contribution is 2.29. The molecular formula is C16H23NO2S. The Hall–Kier alpha value is -1.00. The van der Waals surface area contributed by atoms with Crippen LogP contribution in [0.1, 0.15) is 38.3 Å². The van der Waals surface area contributed by atoms with E-state index < -0.39 is 0 Å². The third kappa shape index (κ3) is 4.53. The summed E-state index contributed by atoms with van der Waals surface area (Å²) in [6, 6.07) is 8.29. The maximum Gasteiger partial charge on any atom is 0.249 e. The highest BCUT2D eigenvalue weighted by Gasteiger charge is 2.24. The second-order valence-corrected chi connectivity index (χ2v) is 6.30. The lowest BCUT2D eigenvalue weighted by Crippen LogP contribution is -2.36. The Morgan fingerprint density at radius 2 is 2.00 bits per heavy atom. The Morgan fingerprint density at radius 1 is 1.35 bits per heavy atom. The summed E-state index contributed by atoms with van der Waals surface area (Å²) in [5.41, 5.74) is 1.12. The third-order valence-corrected chi connectivity index (χ3v) is 4.37. The fourth-order valence-corrected chi connectivity index (χ4v) is 2.36. The van der Waals surface area contributed by atoms with Crippen LogP contribution in [0.25, 0.3) is 0 Å². The summed E-state index contributed by atoms with van der Waals surface area (Å²) in [6.07, 6.45) is 4.17. The summed E-state index contributed by atoms with van der Waals surface area (Å²) < 4.78 is 5.59. The van der Waals surface area contributed by atoms with Crippen LogP contribution >= 0.6 is 11.8 Å². The topological polar surface area (TPSA) is 38.3 Å². The molecule has 1 aromatic carbocycles. The molecule has 0 saturated heterocycles. The Balaban J connectivity index is 1.81. The Morgan fingerprint density at radius 3 is 2.55 bits per heavy atom. The number of carbonyl (C=O) groups excluding carboxylic acids is 1. The lowest BCUT2D eigenvalue weighted by Gasteiger charge is -2.18. The molecule has 4 heteroatoms. The minimum atomic E-state index is -0.372. The number of hydrogen-bond acceptors (Lipinski definition) is 3. The number of carbonyl (C=O) groups is 1. The summed E-state index contributed by atoms with van der Waals surface area (Å²) in [6.45, 7) is 4.53. The van der Waals surface area contributed by atoms with E-state index in [0.29, 0.717) is 12.5 Å². The maximum absolute atomic E-state index is 12.0. The van der Waals surface area contributed by atoms with Crippen molar-refractivity contribution in [1.29, 1.82) is 0 Å². The fraction of sp³-hybridized carbons (Fsp3) is 0.562. The molecule has 0 aromatic heterocycles. The number of nitrogens with one attached hydrogen (secondary N) is 1. The van der Waals surface area contributed by atoms with Gasteiger partial charge in [0.1, 0.15) is 6.10 Å². The lowest BCUT2D eigenvalue weighted by molar-refractivity contribution is -0.132. The van der Waals surface area contributed by atoms with Gasteiger partial charge in [0.2, 0.25) is 5.91 Å². The van der Waals surface area contributed by atoms with Crippen LogP contribution in [0.15, 0.2) is 29.2 Å². The van der Waals surface area contributed by atoms with Crippen molar-refractivity contribution in [3.05, 3.63) is 29.8 Å². The van der Waals surface area contributed by atoms with Crippen molar-refractivity contribution in [2.24, 2.45) is 5.92 Å². The number of hydrogen-bond donors (Lipinski definition) is 1. The van der Waals surface area contributed by atoms with Gasteiger partial charge in [0, 0.05) is 4.90 Å². The van der Waals surface area contributed by atoms with E-state index in [0.717, 1.165) is 5.56 Å². The molecule has 1 saturated carbocycles. The largest absolute Gasteiger partial charge is 0.368 e. The molecule has 0 spiro atoms. The molecule has 110 valence electrons. The first-order valence-corrected chi connectivity index (χ1v) is 8.38. The van der Waals surface area contributed by atoms with Gasteiger partial charge in [-0.15, -0.1) is 11.8 Å². The minimum absolute atomic E-state index is 0.00498. The summed E-state index contributed by atoms with van der Waals surface area (Å²) in [5, 5.41) is 3.01. The monoisotopic (exact) mass is 293 g/mol. The van der Waals surface area contributed by atoms with Gasteiger partial charge in [-0.05, 0) is 56.6 Å². The molecule has 0 unspecified atom stereocenters. The average molecular weight is 293 g/mol. The van der Waals surface area contributed by atoms with E-state index in [2.05, 4.69) is 35.8 Å². The zero-order valence-electron chi connectivity index (χ0n) is 12.4. The van der Waals surface area contributed by atoms with E-state index >= 15 is 0 Å². The molecular weight excluding hydrogens is 270 g/mol. The zero-order valence-corrected chi connectivity index (χ0v) is 13.2. The average Bonchev–Trinajstić information content (AvgIpc) is 3.28. The molecule has 1 fully saturated rings. The van der Waals surface area contributed by atoms with Crippen molar-refractivity contribution < 1.29 is 9.53 Å². The van der Waals surface area contributed by atoms with Crippen molar-refractivity contribution in [3.63, 3.8) is 0 Å². The normalized spacial score (nSPS) is 17.6. The van der Waals surface area contributed by atoms with Gasteiger partial charge in [0.05, 0.1) is 12.6 Å². The molecule has 1 aliphatic carbocycles. The minimum Gasteiger partial charge on any atom is -0.368 e. The van der Waals surface area contributed by atoms with Crippen molar-refractivity contribution in [2.75, 3.05) is 12.9 Å². The second kappa shape index (κ2) is 7.14. The van der Waals surface area contributed by atoms with Gasteiger partial charge in [-0.2, -0.15) is 0 Å². The zero-order chi connectivity index (χ0) is 14.5. The quantitative estimate of drug-likeness (QED) is 0.783. The standard InChI is InChI=1S/C16H23NO2S/c1-11(14-6-8-15(20-3)9-7-14)17-16(18)12(2)19-10-13-4-5-13/h6-9,11-13H,4-5,10H2,1-3H3,(H,17,18)/t11-,12+/m0/s1. The van der Waals surface area contributed by atoms with Crippen LogP contribution in [0.3, 0.4) is 0 Å². The number of ether oxygens (including phenoxy) is 1. The van der Waals surface area contributed by atoms with E-state index in [1.807, 2.05) is 13.8 Å². The smallest absolute Gasteiger partial charge is 0.249 e. The fourth-order valence-electron chi connectivity index (χ4n) is 1.95. The van der Waals surface area contributed by atoms with Crippen molar-refractivity contribution in [1.82, 2.24) is 5.32 Å². The summed E-state index contributed by atoms with van der Waals surface area (Å²) in [5.74, 6) is 0.647. The van der Waals surface area contributed by atoms with Crippen molar-refractivity contribution >= 4 is 17.7 Å². The first kappa shape index (κ1) is 15.4. The van der Waals surface area contributed by atoms with E-state index in [1.165, 1.54) is 17.7 Å². The lowest BCUT2D eigenvalue weighted by atomic mass is 10.1. The van der Waals surface area contributed by atoms with E-state index in [4.69, 9.17) is 4.74 Å². The first-order valence-electron chi connectivity index (χ1n) is 7.16. The van der Waals surface area contributed by atoms with E-state index in [-0.39, 0.29) is 18.1 Å². The SMILES string of the molecule is CSc1ccc([C@H](C)NC(=O)[C@@H](C)OCC2CC2)cc1. The molecule has 20 heavy (non-hydrogen) atoms. The molecule has 1 amide bonds.